The molecule has 0 unspecified atom stereocenters. The Balaban J connectivity index is 1.38. The molecule has 0 saturated heterocycles. The van der Waals surface area contributed by atoms with Crippen LogP contribution < -0.4 is 4.74 Å². The minimum Gasteiger partial charge on any atom is -0.487 e. The summed E-state index contributed by atoms with van der Waals surface area (Å²) in [5.41, 5.74) is 2.96. The van der Waals surface area contributed by atoms with Gasteiger partial charge in [0.1, 0.15) is 12.4 Å². The van der Waals surface area contributed by atoms with Crippen LogP contribution in [-0.2, 0) is 22.6 Å². The first-order chi connectivity index (χ1) is 13.8. The van der Waals surface area contributed by atoms with Crippen molar-refractivity contribution in [3.63, 3.8) is 0 Å². The summed E-state index contributed by atoms with van der Waals surface area (Å²) < 4.78 is 10.9. The van der Waals surface area contributed by atoms with Crippen molar-refractivity contribution in [3.05, 3.63) is 96.1 Å². The minimum atomic E-state index is -0.342. The van der Waals surface area contributed by atoms with Crippen LogP contribution in [0.2, 0.25) is 0 Å². The van der Waals surface area contributed by atoms with Crippen LogP contribution in [0, 0.1) is 0 Å². The second-order valence-corrected chi connectivity index (χ2v) is 6.14. The van der Waals surface area contributed by atoms with Crippen molar-refractivity contribution in [2.75, 3.05) is 6.61 Å². The molecule has 0 N–H and O–H groups in total. The van der Waals surface area contributed by atoms with Crippen molar-refractivity contribution in [2.45, 2.75) is 19.4 Å². The zero-order chi connectivity index (χ0) is 19.4. The Morgan fingerprint density at radius 3 is 2.54 bits per heavy atom. The van der Waals surface area contributed by atoms with Crippen molar-refractivity contribution < 1.29 is 14.3 Å². The lowest BCUT2D eigenvalue weighted by Crippen LogP contribution is -2.03. The van der Waals surface area contributed by atoms with Crippen molar-refractivity contribution >= 4 is 12.0 Å². The average Bonchev–Trinajstić information content (AvgIpc) is 2.76. The van der Waals surface area contributed by atoms with Crippen molar-refractivity contribution in [2.24, 2.45) is 0 Å². The van der Waals surface area contributed by atoms with Crippen LogP contribution in [0.25, 0.3) is 6.08 Å². The fourth-order valence-electron chi connectivity index (χ4n) is 2.53. The molecule has 0 aliphatic carbocycles. The zero-order valence-corrected chi connectivity index (χ0v) is 15.5. The van der Waals surface area contributed by atoms with Crippen LogP contribution in [0.4, 0.5) is 0 Å². The van der Waals surface area contributed by atoms with Crippen molar-refractivity contribution in [1.82, 2.24) is 9.97 Å². The van der Waals surface area contributed by atoms with Crippen molar-refractivity contribution in [3.8, 4) is 5.75 Å². The summed E-state index contributed by atoms with van der Waals surface area (Å²) in [6.45, 7) is 0.813. The number of carbonyl (C=O) groups excluding carboxylic acids is 1. The fourth-order valence-corrected chi connectivity index (χ4v) is 2.53. The van der Waals surface area contributed by atoms with E-state index in [1.165, 1.54) is 11.6 Å². The van der Waals surface area contributed by atoms with E-state index in [9.17, 15) is 4.79 Å². The van der Waals surface area contributed by atoms with Crippen molar-refractivity contribution in [1.29, 1.82) is 0 Å². The molecule has 28 heavy (non-hydrogen) atoms. The lowest BCUT2D eigenvalue weighted by atomic mass is 10.1. The molecule has 0 atom stereocenters. The van der Waals surface area contributed by atoms with Gasteiger partial charge in [0, 0.05) is 24.7 Å². The van der Waals surface area contributed by atoms with Gasteiger partial charge < -0.3 is 9.47 Å². The molecule has 0 spiro atoms. The molecule has 0 bridgehead atoms. The molecule has 0 aliphatic rings. The van der Waals surface area contributed by atoms with E-state index in [2.05, 4.69) is 9.97 Å². The number of hydrogen-bond donors (Lipinski definition) is 0. The fraction of sp³-hybridized carbons (Fsp3) is 0.174. The molecule has 0 fully saturated rings. The highest BCUT2D eigenvalue weighted by Gasteiger charge is 2.00. The summed E-state index contributed by atoms with van der Waals surface area (Å²) in [4.78, 5) is 20.0. The van der Waals surface area contributed by atoms with Crippen LogP contribution in [0.5, 0.6) is 5.75 Å². The zero-order valence-electron chi connectivity index (χ0n) is 15.5. The SMILES string of the molecule is O=C(/C=C/c1ccc(OCc2ccccn2)cc1)OCCCc1ccncc1. The molecule has 1 aromatic carbocycles. The first-order valence-corrected chi connectivity index (χ1v) is 9.16. The van der Waals surface area contributed by atoms with E-state index in [0.717, 1.165) is 29.8 Å². The third-order valence-electron chi connectivity index (χ3n) is 4.01. The Labute approximate surface area is 164 Å². The summed E-state index contributed by atoms with van der Waals surface area (Å²) in [6.07, 6.45) is 10.1. The molecule has 2 heterocycles. The number of rotatable bonds is 9. The van der Waals surface area contributed by atoms with Gasteiger partial charge in [0.2, 0.25) is 0 Å². The number of carbonyl (C=O) groups is 1. The number of hydrogen-bond acceptors (Lipinski definition) is 5. The maximum atomic E-state index is 11.8. The van der Waals surface area contributed by atoms with E-state index >= 15 is 0 Å². The highest BCUT2D eigenvalue weighted by molar-refractivity contribution is 5.87. The Bertz CT molecular complexity index is 879. The molecule has 0 saturated carbocycles. The number of nitrogens with zero attached hydrogens (tertiary/aromatic N) is 2. The molecular weight excluding hydrogens is 352 g/mol. The van der Waals surface area contributed by atoms with Gasteiger partial charge in [0.15, 0.2) is 0 Å². The topological polar surface area (TPSA) is 61.3 Å². The Morgan fingerprint density at radius 2 is 1.79 bits per heavy atom. The van der Waals surface area contributed by atoms with Gasteiger partial charge in [-0.1, -0.05) is 18.2 Å². The number of pyridine rings is 2. The van der Waals surface area contributed by atoms with Gasteiger partial charge in [-0.15, -0.1) is 0 Å². The number of esters is 1. The molecule has 3 aromatic rings. The number of aryl methyl sites for hydroxylation is 1. The summed E-state index contributed by atoms with van der Waals surface area (Å²) in [7, 11) is 0. The summed E-state index contributed by atoms with van der Waals surface area (Å²) in [5, 5.41) is 0. The van der Waals surface area contributed by atoms with E-state index in [1.807, 2.05) is 54.6 Å². The summed E-state index contributed by atoms with van der Waals surface area (Å²) in [6, 6.07) is 17.2. The van der Waals surface area contributed by atoms with Crippen LogP contribution in [-0.4, -0.2) is 22.5 Å². The molecule has 0 amide bonds. The Morgan fingerprint density at radius 1 is 0.964 bits per heavy atom. The van der Waals surface area contributed by atoms with Gasteiger partial charge in [-0.2, -0.15) is 0 Å². The van der Waals surface area contributed by atoms with Crippen LogP contribution in [0.3, 0.4) is 0 Å². The van der Waals surface area contributed by atoms with E-state index in [0.29, 0.717) is 13.2 Å². The lowest BCUT2D eigenvalue weighted by molar-refractivity contribution is -0.137. The van der Waals surface area contributed by atoms with Crippen LogP contribution in [0.15, 0.2) is 79.3 Å². The Kier molecular flexibility index (Phi) is 7.32. The molecule has 3 rings (SSSR count). The highest BCUT2D eigenvalue weighted by Crippen LogP contribution is 2.14. The van der Waals surface area contributed by atoms with Gasteiger partial charge >= 0.3 is 5.97 Å². The third-order valence-corrected chi connectivity index (χ3v) is 4.01. The third kappa shape index (κ3) is 6.68. The molecule has 142 valence electrons. The summed E-state index contributed by atoms with van der Waals surface area (Å²) >= 11 is 0. The summed E-state index contributed by atoms with van der Waals surface area (Å²) in [5.74, 6) is 0.409. The quantitative estimate of drug-likeness (QED) is 0.318. The smallest absolute Gasteiger partial charge is 0.330 e. The van der Waals surface area contributed by atoms with Gasteiger partial charge in [0.05, 0.1) is 12.3 Å². The van der Waals surface area contributed by atoms with E-state index < -0.39 is 0 Å². The average molecular weight is 374 g/mol. The lowest BCUT2D eigenvalue weighted by Gasteiger charge is -2.05. The molecular formula is C23H22N2O3. The second kappa shape index (κ2) is 10.6. The molecule has 2 aromatic heterocycles. The van der Waals surface area contributed by atoms with E-state index in [1.54, 1.807) is 24.7 Å². The monoisotopic (exact) mass is 374 g/mol. The molecule has 5 nitrogen and oxygen atoms in total. The molecule has 5 heteroatoms. The van der Waals surface area contributed by atoms with E-state index in [-0.39, 0.29) is 5.97 Å². The standard InChI is InChI=1S/C23H22N2O3/c26-23(27-17-3-4-19-12-15-24-16-13-19)11-8-20-6-9-22(10-7-20)28-18-21-5-1-2-14-25-21/h1-2,5-16H,3-4,17-18H2/b11-8+. The van der Waals surface area contributed by atoms with Gasteiger partial charge in [-0.05, 0) is 66.4 Å². The maximum Gasteiger partial charge on any atom is 0.330 e. The first-order valence-electron chi connectivity index (χ1n) is 9.16. The number of aromatic nitrogens is 2. The van der Waals surface area contributed by atoms with Gasteiger partial charge in [0.25, 0.3) is 0 Å². The predicted octanol–water partition coefficient (Wildman–Crippen LogP) is 4.24. The first kappa shape index (κ1) is 19.3. The number of benzene rings is 1. The van der Waals surface area contributed by atoms with E-state index in [4.69, 9.17) is 9.47 Å². The molecule has 0 aliphatic heterocycles. The highest BCUT2D eigenvalue weighted by atomic mass is 16.5. The van der Waals surface area contributed by atoms with Gasteiger partial charge in [-0.3, -0.25) is 9.97 Å². The Hall–Kier alpha value is -3.47. The maximum absolute atomic E-state index is 11.8. The molecule has 0 radical (unpaired) electrons. The van der Waals surface area contributed by atoms with Crippen LogP contribution >= 0.6 is 0 Å². The van der Waals surface area contributed by atoms with Gasteiger partial charge in [-0.25, -0.2) is 4.79 Å². The number of ether oxygens (including phenoxy) is 2. The minimum absolute atomic E-state index is 0.342. The predicted molar refractivity (Wildman–Crippen MR) is 108 cm³/mol. The van der Waals surface area contributed by atoms with Crippen LogP contribution in [0.1, 0.15) is 23.2 Å². The largest absolute Gasteiger partial charge is 0.487 e. The second-order valence-electron chi connectivity index (χ2n) is 6.14. The normalized spacial score (nSPS) is 10.7.